The number of carbonyl (C=O) groups is 1. The van der Waals surface area contributed by atoms with Gasteiger partial charge in [0, 0.05) is 24.1 Å². The number of amides is 2. The third-order valence-electron chi connectivity index (χ3n) is 3.14. The predicted octanol–water partition coefficient (Wildman–Crippen LogP) is 2.92. The number of rotatable bonds is 3. The van der Waals surface area contributed by atoms with Gasteiger partial charge in [-0.15, -0.1) is 0 Å². The molecule has 0 fully saturated rings. The maximum Gasteiger partial charge on any atom is 0.324 e. The molecule has 3 aromatic rings. The fourth-order valence-corrected chi connectivity index (χ4v) is 2.28. The molecular formula is C16H16N6O. The molecule has 3 rings (SSSR count). The SMILES string of the molecule is Cc1cc(C)cc(NC(=O)Nc2cc(-n3ccnc3)ncn2)c1. The molecule has 2 amide bonds. The van der Waals surface area contributed by atoms with Crippen molar-refractivity contribution in [3.8, 4) is 5.82 Å². The van der Waals surface area contributed by atoms with Gasteiger partial charge in [-0.25, -0.2) is 19.7 Å². The topological polar surface area (TPSA) is 84.7 Å². The highest BCUT2D eigenvalue weighted by molar-refractivity contribution is 5.99. The predicted molar refractivity (Wildman–Crippen MR) is 87.7 cm³/mol. The number of nitrogens with one attached hydrogen (secondary N) is 2. The van der Waals surface area contributed by atoms with Crippen molar-refractivity contribution in [3.05, 3.63) is 60.4 Å². The van der Waals surface area contributed by atoms with Crippen LogP contribution < -0.4 is 10.6 Å². The zero-order valence-electron chi connectivity index (χ0n) is 12.8. The van der Waals surface area contributed by atoms with Gasteiger partial charge in [-0.1, -0.05) is 6.07 Å². The van der Waals surface area contributed by atoms with Gasteiger partial charge in [0.15, 0.2) is 0 Å². The molecule has 0 aliphatic carbocycles. The van der Waals surface area contributed by atoms with E-state index in [1.54, 1.807) is 29.4 Å². The molecule has 2 heterocycles. The Bertz CT molecular complexity index is 808. The van der Waals surface area contributed by atoms with Crippen molar-refractivity contribution in [1.29, 1.82) is 0 Å². The first-order valence-corrected chi connectivity index (χ1v) is 7.07. The molecular weight excluding hydrogens is 292 g/mol. The summed E-state index contributed by atoms with van der Waals surface area (Å²) in [6.45, 7) is 3.97. The average Bonchev–Trinajstić information content (AvgIpc) is 3.00. The van der Waals surface area contributed by atoms with Crippen LogP contribution in [0.1, 0.15) is 11.1 Å². The number of hydrogen-bond donors (Lipinski definition) is 2. The van der Waals surface area contributed by atoms with E-state index in [9.17, 15) is 4.79 Å². The first kappa shape index (κ1) is 14.7. The number of urea groups is 1. The van der Waals surface area contributed by atoms with Crippen molar-refractivity contribution in [2.75, 3.05) is 10.6 Å². The molecule has 0 aliphatic heterocycles. The van der Waals surface area contributed by atoms with E-state index < -0.39 is 0 Å². The molecule has 0 aliphatic rings. The second kappa shape index (κ2) is 6.27. The summed E-state index contributed by atoms with van der Waals surface area (Å²) in [6, 6.07) is 7.17. The fraction of sp³-hybridized carbons (Fsp3) is 0.125. The Balaban J connectivity index is 1.71. The van der Waals surface area contributed by atoms with E-state index in [0.29, 0.717) is 11.6 Å². The molecule has 0 saturated heterocycles. The van der Waals surface area contributed by atoms with E-state index in [2.05, 4.69) is 25.6 Å². The Morgan fingerprint density at radius 3 is 2.52 bits per heavy atom. The number of carbonyl (C=O) groups excluding carboxylic acids is 1. The van der Waals surface area contributed by atoms with Gasteiger partial charge in [0.25, 0.3) is 0 Å². The van der Waals surface area contributed by atoms with Crippen LogP contribution in [0.2, 0.25) is 0 Å². The molecule has 0 atom stereocenters. The van der Waals surface area contributed by atoms with Crippen LogP contribution in [-0.2, 0) is 0 Å². The molecule has 0 bridgehead atoms. The van der Waals surface area contributed by atoms with Gasteiger partial charge in [0.1, 0.15) is 24.3 Å². The monoisotopic (exact) mass is 308 g/mol. The van der Waals surface area contributed by atoms with Crippen molar-refractivity contribution >= 4 is 17.5 Å². The summed E-state index contributed by atoms with van der Waals surface area (Å²) in [5, 5.41) is 5.49. The summed E-state index contributed by atoms with van der Waals surface area (Å²) in [5.41, 5.74) is 2.92. The molecule has 1 aromatic carbocycles. The first-order chi connectivity index (χ1) is 11.1. The van der Waals surface area contributed by atoms with Crippen molar-refractivity contribution in [1.82, 2.24) is 19.5 Å². The Hall–Kier alpha value is -3.22. The highest BCUT2D eigenvalue weighted by Crippen LogP contribution is 2.14. The van der Waals surface area contributed by atoms with Gasteiger partial charge >= 0.3 is 6.03 Å². The zero-order chi connectivity index (χ0) is 16.2. The van der Waals surface area contributed by atoms with Crippen LogP contribution in [0.4, 0.5) is 16.3 Å². The number of benzene rings is 1. The van der Waals surface area contributed by atoms with E-state index in [1.165, 1.54) is 6.33 Å². The number of imidazole rings is 1. The van der Waals surface area contributed by atoms with Crippen molar-refractivity contribution in [3.63, 3.8) is 0 Å². The maximum atomic E-state index is 12.1. The zero-order valence-corrected chi connectivity index (χ0v) is 12.8. The molecule has 7 heteroatoms. The lowest BCUT2D eigenvalue weighted by Crippen LogP contribution is -2.20. The summed E-state index contributed by atoms with van der Waals surface area (Å²) >= 11 is 0. The minimum absolute atomic E-state index is 0.356. The van der Waals surface area contributed by atoms with Crippen LogP contribution in [-0.4, -0.2) is 25.6 Å². The number of nitrogens with zero attached hydrogens (tertiary/aromatic N) is 4. The van der Waals surface area contributed by atoms with Gasteiger partial charge in [0.05, 0.1) is 0 Å². The lowest BCUT2D eigenvalue weighted by Gasteiger charge is -2.09. The van der Waals surface area contributed by atoms with Gasteiger partial charge in [0.2, 0.25) is 0 Å². The minimum Gasteiger partial charge on any atom is -0.308 e. The summed E-state index contributed by atoms with van der Waals surface area (Å²) in [7, 11) is 0. The van der Waals surface area contributed by atoms with Crippen LogP contribution in [0.5, 0.6) is 0 Å². The second-order valence-electron chi connectivity index (χ2n) is 5.19. The molecule has 2 N–H and O–H groups in total. The normalized spacial score (nSPS) is 10.3. The molecule has 2 aromatic heterocycles. The molecule has 0 unspecified atom stereocenters. The van der Waals surface area contributed by atoms with Crippen LogP contribution in [0.15, 0.2) is 49.3 Å². The van der Waals surface area contributed by atoms with Crippen LogP contribution in [0.25, 0.3) is 5.82 Å². The number of aromatic nitrogens is 4. The van der Waals surface area contributed by atoms with E-state index in [0.717, 1.165) is 16.8 Å². The largest absolute Gasteiger partial charge is 0.324 e. The van der Waals surface area contributed by atoms with Crippen LogP contribution in [0.3, 0.4) is 0 Å². The van der Waals surface area contributed by atoms with E-state index in [1.807, 2.05) is 32.0 Å². The first-order valence-electron chi connectivity index (χ1n) is 7.07. The average molecular weight is 308 g/mol. The summed E-state index contributed by atoms with van der Waals surface area (Å²) in [6.07, 6.45) is 6.44. The Morgan fingerprint density at radius 1 is 1.04 bits per heavy atom. The standard InChI is InChI=1S/C16H16N6O/c1-11-5-12(2)7-13(6-11)20-16(23)21-14-8-15(19-9-18-14)22-4-3-17-10-22/h3-10H,1-2H3,(H2,18,19,20,21,23). The van der Waals surface area contributed by atoms with Crippen LogP contribution >= 0.6 is 0 Å². The second-order valence-corrected chi connectivity index (χ2v) is 5.19. The van der Waals surface area contributed by atoms with Gasteiger partial charge < -0.3 is 5.32 Å². The van der Waals surface area contributed by atoms with Gasteiger partial charge in [-0.3, -0.25) is 9.88 Å². The van der Waals surface area contributed by atoms with Crippen molar-refractivity contribution in [2.45, 2.75) is 13.8 Å². The molecule has 7 nitrogen and oxygen atoms in total. The Morgan fingerprint density at radius 2 is 1.83 bits per heavy atom. The van der Waals surface area contributed by atoms with E-state index >= 15 is 0 Å². The third kappa shape index (κ3) is 3.70. The van der Waals surface area contributed by atoms with Crippen molar-refractivity contribution < 1.29 is 4.79 Å². The molecule has 0 radical (unpaired) electrons. The molecule has 0 spiro atoms. The Labute approximate surface area is 133 Å². The van der Waals surface area contributed by atoms with E-state index in [-0.39, 0.29) is 6.03 Å². The van der Waals surface area contributed by atoms with Crippen molar-refractivity contribution in [2.24, 2.45) is 0 Å². The minimum atomic E-state index is -0.356. The van der Waals surface area contributed by atoms with E-state index in [4.69, 9.17) is 0 Å². The lowest BCUT2D eigenvalue weighted by molar-refractivity contribution is 0.262. The summed E-state index contributed by atoms with van der Waals surface area (Å²) in [5.74, 6) is 1.03. The quantitative estimate of drug-likeness (QED) is 0.779. The highest BCUT2D eigenvalue weighted by atomic mass is 16.2. The smallest absolute Gasteiger partial charge is 0.308 e. The fourth-order valence-electron chi connectivity index (χ4n) is 2.28. The highest BCUT2D eigenvalue weighted by Gasteiger charge is 2.06. The number of anilines is 2. The van der Waals surface area contributed by atoms with Crippen LogP contribution in [0, 0.1) is 13.8 Å². The number of aryl methyl sites for hydroxylation is 2. The third-order valence-corrected chi connectivity index (χ3v) is 3.14. The summed E-state index contributed by atoms with van der Waals surface area (Å²) < 4.78 is 1.73. The molecule has 23 heavy (non-hydrogen) atoms. The van der Waals surface area contributed by atoms with Gasteiger partial charge in [-0.2, -0.15) is 0 Å². The summed E-state index contributed by atoms with van der Waals surface area (Å²) in [4.78, 5) is 24.3. The molecule has 0 saturated carbocycles. The van der Waals surface area contributed by atoms with Gasteiger partial charge in [-0.05, 0) is 37.1 Å². The lowest BCUT2D eigenvalue weighted by atomic mass is 10.1. The maximum absolute atomic E-state index is 12.1. The molecule has 116 valence electrons. The number of hydrogen-bond acceptors (Lipinski definition) is 4. The Kier molecular flexibility index (Phi) is 4.01.